The van der Waals surface area contributed by atoms with Gasteiger partial charge in [0, 0.05) is 13.1 Å². The third kappa shape index (κ3) is 2.19. The average molecular weight is 313 g/mol. The van der Waals surface area contributed by atoms with Crippen molar-refractivity contribution in [2.75, 3.05) is 14.2 Å². The van der Waals surface area contributed by atoms with Gasteiger partial charge in [0.25, 0.3) is 0 Å². The van der Waals surface area contributed by atoms with Crippen LogP contribution in [0.3, 0.4) is 0 Å². The Morgan fingerprint density at radius 3 is 2.65 bits per heavy atom. The van der Waals surface area contributed by atoms with Crippen LogP contribution in [-0.4, -0.2) is 42.9 Å². The Labute approximate surface area is 132 Å². The molecule has 3 rings (SSSR count). The van der Waals surface area contributed by atoms with Crippen LogP contribution >= 0.6 is 0 Å². The molecule has 0 aliphatic carbocycles. The fraction of sp³-hybridized carbons (Fsp3) is 0.375. The standard InChI is InChI=1S/C16H15N3O4/c1-19-14(20)10-11(15(19)21)13(16(22)23-2)18-12(10)9-5-3-4-8(6-9)7-17/h3-6,10-13,18H,1-2H3/t10-,11+,12+,13-/m0/s1. The zero-order chi connectivity index (χ0) is 16.7. The second kappa shape index (κ2) is 5.48. The van der Waals surface area contributed by atoms with Crippen molar-refractivity contribution < 1.29 is 19.1 Å². The van der Waals surface area contributed by atoms with Gasteiger partial charge in [-0.15, -0.1) is 0 Å². The number of nitrogens with one attached hydrogen (secondary N) is 1. The van der Waals surface area contributed by atoms with E-state index in [1.54, 1.807) is 24.3 Å². The lowest BCUT2D eigenvalue weighted by Gasteiger charge is -2.19. The Kier molecular flexibility index (Phi) is 3.62. The smallest absolute Gasteiger partial charge is 0.323 e. The highest BCUT2D eigenvalue weighted by Gasteiger charge is 2.60. The zero-order valence-electron chi connectivity index (χ0n) is 12.6. The van der Waals surface area contributed by atoms with Crippen LogP contribution < -0.4 is 5.32 Å². The Bertz CT molecular complexity index is 739. The van der Waals surface area contributed by atoms with Gasteiger partial charge >= 0.3 is 5.97 Å². The van der Waals surface area contributed by atoms with Crippen LogP contribution in [0.5, 0.6) is 0 Å². The van der Waals surface area contributed by atoms with Gasteiger partial charge in [-0.2, -0.15) is 5.26 Å². The molecule has 2 saturated heterocycles. The quantitative estimate of drug-likeness (QED) is 0.608. The highest BCUT2D eigenvalue weighted by atomic mass is 16.5. The third-order valence-electron chi connectivity index (χ3n) is 4.53. The topological polar surface area (TPSA) is 99.5 Å². The predicted molar refractivity (Wildman–Crippen MR) is 77.6 cm³/mol. The molecule has 0 unspecified atom stereocenters. The molecule has 2 aliphatic rings. The molecule has 1 aromatic rings. The molecule has 7 heteroatoms. The van der Waals surface area contributed by atoms with Crippen LogP contribution in [0.25, 0.3) is 0 Å². The van der Waals surface area contributed by atoms with E-state index in [0.29, 0.717) is 11.1 Å². The number of esters is 1. The minimum absolute atomic E-state index is 0.328. The number of likely N-dealkylation sites (tertiary alicyclic amines) is 1. The monoisotopic (exact) mass is 313 g/mol. The maximum Gasteiger partial charge on any atom is 0.323 e. The van der Waals surface area contributed by atoms with Gasteiger partial charge in [0.1, 0.15) is 6.04 Å². The van der Waals surface area contributed by atoms with Crippen molar-refractivity contribution >= 4 is 17.8 Å². The molecule has 23 heavy (non-hydrogen) atoms. The zero-order valence-corrected chi connectivity index (χ0v) is 12.6. The number of methoxy groups -OCH3 is 1. The molecule has 0 spiro atoms. The first-order valence-corrected chi connectivity index (χ1v) is 7.15. The molecular weight excluding hydrogens is 298 g/mol. The van der Waals surface area contributed by atoms with E-state index in [2.05, 4.69) is 5.32 Å². The molecule has 0 aromatic heterocycles. The SMILES string of the molecule is COC(=O)[C@H]1N[C@H](c2cccc(C#N)c2)[C@H]2C(=O)N(C)C(=O)[C@H]21. The maximum absolute atomic E-state index is 12.4. The van der Waals surface area contributed by atoms with E-state index < -0.39 is 29.9 Å². The van der Waals surface area contributed by atoms with Crippen molar-refractivity contribution in [3.05, 3.63) is 35.4 Å². The molecule has 0 bridgehead atoms. The van der Waals surface area contributed by atoms with Crippen LogP contribution in [-0.2, 0) is 19.1 Å². The highest BCUT2D eigenvalue weighted by molar-refractivity contribution is 6.08. The maximum atomic E-state index is 12.4. The van der Waals surface area contributed by atoms with Crippen molar-refractivity contribution in [3.63, 3.8) is 0 Å². The number of benzene rings is 1. The number of hydrogen-bond donors (Lipinski definition) is 1. The molecule has 2 fully saturated rings. The van der Waals surface area contributed by atoms with Crippen molar-refractivity contribution in [2.24, 2.45) is 11.8 Å². The summed E-state index contributed by atoms with van der Waals surface area (Å²) in [5, 5.41) is 12.1. The molecule has 118 valence electrons. The number of rotatable bonds is 2. The van der Waals surface area contributed by atoms with Crippen molar-refractivity contribution in [2.45, 2.75) is 12.1 Å². The van der Waals surface area contributed by atoms with Gasteiger partial charge in [-0.25, -0.2) is 0 Å². The van der Waals surface area contributed by atoms with E-state index in [1.807, 2.05) is 6.07 Å². The average Bonchev–Trinajstić information content (AvgIpc) is 3.07. The van der Waals surface area contributed by atoms with Gasteiger partial charge in [-0.05, 0) is 17.7 Å². The van der Waals surface area contributed by atoms with Crippen molar-refractivity contribution in [1.82, 2.24) is 10.2 Å². The van der Waals surface area contributed by atoms with Gasteiger partial charge in [-0.1, -0.05) is 12.1 Å². The molecule has 1 aromatic carbocycles. The number of fused-ring (bicyclic) bond motifs is 1. The minimum Gasteiger partial charge on any atom is -0.468 e. The summed E-state index contributed by atoms with van der Waals surface area (Å²) in [4.78, 5) is 37.8. The number of imide groups is 1. The van der Waals surface area contributed by atoms with Crippen molar-refractivity contribution in [1.29, 1.82) is 5.26 Å². The van der Waals surface area contributed by atoms with Gasteiger partial charge < -0.3 is 4.74 Å². The number of carbonyl (C=O) groups is 3. The van der Waals surface area contributed by atoms with E-state index in [9.17, 15) is 14.4 Å². The fourth-order valence-electron chi connectivity index (χ4n) is 3.41. The predicted octanol–water partition coefficient (Wildman–Crippen LogP) is -0.0248. The van der Waals surface area contributed by atoms with E-state index in [1.165, 1.54) is 14.2 Å². The van der Waals surface area contributed by atoms with E-state index >= 15 is 0 Å². The summed E-state index contributed by atoms with van der Waals surface area (Å²) >= 11 is 0. The second-order valence-corrected chi connectivity index (χ2v) is 5.67. The number of ether oxygens (including phenoxy) is 1. The van der Waals surface area contributed by atoms with Gasteiger partial charge in [0.15, 0.2) is 0 Å². The Morgan fingerprint density at radius 1 is 1.30 bits per heavy atom. The lowest BCUT2D eigenvalue weighted by molar-refractivity contribution is -0.147. The molecule has 4 atom stereocenters. The van der Waals surface area contributed by atoms with E-state index in [-0.39, 0.29) is 11.8 Å². The van der Waals surface area contributed by atoms with Crippen LogP contribution in [0, 0.1) is 23.2 Å². The Balaban J connectivity index is 2.04. The minimum atomic E-state index is -0.873. The van der Waals surface area contributed by atoms with Crippen LogP contribution in [0.2, 0.25) is 0 Å². The molecular formula is C16H15N3O4. The summed E-state index contributed by atoms with van der Waals surface area (Å²) in [5.74, 6) is -2.75. The lowest BCUT2D eigenvalue weighted by Crippen LogP contribution is -2.42. The van der Waals surface area contributed by atoms with E-state index in [4.69, 9.17) is 10.00 Å². The molecule has 1 N–H and O–H groups in total. The van der Waals surface area contributed by atoms with Gasteiger partial charge in [-0.3, -0.25) is 24.6 Å². The van der Waals surface area contributed by atoms with Crippen LogP contribution in [0.4, 0.5) is 0 Å². The molecule has 7 nitrogen and oxygen atoms in total. The van der Waals surface area contributed by atoms with E-state index in [0.717, 1.165) is 4.90 Å². The third-order valence-corrected chi connectivity index (χ3v) is 4.53. The molecule has 2 heterocycles. The molecule has 2 amide bonds. The second-order valence-electron chi connectivity index (χ2n) is 5.67. The summed E-state index contributed by atoms with van der Waals surface area (Å²) in [5.41, 5.74) is 1.15. The van der Waals surface area contributed by atoms with Crippen LogP contribution in [0.15, 0.2) is 24.3 Å². The summed E-state index contributed by atoms with van der Waals surface area (Å²) in [6.07, 6.45) is 0. The normalized spacial score (nSPS) is 29.3. The van der Waals surface area contributed by atoms with Gasteiger partial charge in [0.05, 0.1) is 30.6 Å². The molecule has 2 aliphatic heterocycles. The van der Waals surface area contributed by atoms with Crippen LogP contribution in [0.1, 0.15) is 17.2 Å². The number of nitrogens with zero attached hydrogens (tertiary/aromatic N) is 2. The van der Waals surface area contributed by atoms with Crippen molar-refractivity contribution in [3.8, 4) is 6.07 Å². The number of carbonyl (C=O) groups excluding carboxylic acids is 3. The molecule has 0 saturated carbocycles. The number of amides is 2. The van der Waals surface area contributed by atoms with Gasteiger partial charge in [0.2, 0.25) is 11.8 Å². The fourth-order valence-corrected chi connectivity index (χ4v) is 3.41. The first-order chi connectivity index (χ1) is 11.0. The summed E-state index contributed by atoms with van der Waals surface area (Å²) < 4.78 is 4.75. The number of hydrogen-bond acceptors (Lipinski definition) is 6. The lowest BCUT2D eigenvalue weighted by atomic mass is 9.86. The summed E-state index contributed by atoms with van der Waals surface area (Å²) in [7, 11) is 2.66. The first kappa shape index (κ1) is 15.2. The summed E-state index contributed by atoms with van der Waals surface area (Å²) in [6.45, 7) is 0. The first-order valence-electron chi connectivity index (χ1n) is 7.15. The Morgan fingerprint density at radius 2 is 2.00 bits per heavy atom. The Hall–Kier alpha value is -2.72. The highest BCUT2D eigenvalue weighted by Crippen LogP contribution is 2.43. The number of nitriles is 1. The largest absolute Gasteiger partial charge is 0.468 e. The molecule has 0 radical (unpaired) electrons. The summed E-state index contributed by atoms with van der Waals surface area (Å²) in [6, 6.07) is 7.44.